The van der Waals surface area contributed by atoms with Gasteiger partial charge in [-0.1, -0.05) is 0 Å². The monoisotopic (exact) mass is 453 g/mol. The summed E-state index contributed by atoms with van der Waals surface area (Å²) >= 11 is 0. The quantitative estimate of drug-likeness (QED) is 0.487. The van der Waals surface area contributed by atoms with Crippen molar-refractivity contribution in [3.05, 3.63) is 29.3 Å². The number of tetrazole rings is 1. The molecule has 9 nitrogen and oxygen atoms in total. The van der Waals surface area contributed by atoms with E-state index in [9.17, 15) is 35.9 Å². The van der Waals surface area contributed by atoms with Gasteiger partial charge in [0, 0.05) is 11.6 Å². The van der Waals surface area contributed by atoms with Gasteiger partial charge in [0.15, 0.2) is 6.04 Å². The fraction of sp³-hybridized carbons (Fsp3) is 0.438. The van der Waals surface area contributed by atoms with Gasteiger partial charge >= 0.3 is 18.4 Å². The van der Waals surface area contributed by atoms with Gasteiger partial charge in [0.1, 0.15) is 0 Å². The lowest BCUT2D eigenvalue weighted by molar-refractivity contribution is -0.143. The van der Waals surface area contributed by atoms with E-state index in [0.29, 0.717) is 16.9 Å². The predicted octanol–water partition coefficient (Wildman–Crippen LogP) is 2.68. The third kappa shape index (κ3) is 6.29. The fourth-order valence-electron chi connectivity index (χ4n) is 2.21. The normalized spacial score (nSPS) is 13.1. The number of rotatable bonds is 4. The second kappa shape index (κ2) is 8.77. The maximum atomic E-state index is 13.0. The number of halogens is 6. The molecule has 0 bridgehead atoms. The van der Waals surface area contributed by atoms with E-state index in [1.54, 1.807) is 13.8 Å². The van der Waals surface area contributed by atoms with Crippen LogP contribution in [0.5, 0.6) is 0 Å². The van der Waals surface area contributed by atoms with Crippen LogP contribution in [-0.2, 0) is 17.1 Å². The van der Waals surface area contributed by atoms with E-state index < -0.39 is 52.8 Å². The Bertz CT molecular complexity index is 922. The van der Waals surface area contributed by atoms with Crippen molar-refractivity contribution < 1.29 is 35.9 Å². The highest BCUT2D eigenvalue weighted by Gasteiger charge is 2.37. The number of amides is 3. The van der Waals surface area contributed by atoms with Crippen molar-refractivity contribution in [1.29, 1.82) is 0 Å². The first kappa shape index (κ1) is 23.9. The largest absolute Gasteiger partial charge is 0.416 e. The molecule has 2 aromatic rings. The number of urea groups is 1. The Labute approximate surface area is 171 Å². The number of hydrogen-bond donors (Lipinski definition) is 3. The number of alkyl halides is 6. The first-order chi connectivity index (χ1) is 14.2. The standard InChI is InChI=1S/C16H17F6N7O2/c1-7(2)23-14(31)26-25-13(30)8(3)29-27-12(24-28-29)9-4-10(15(17,18)19)6-11(5-9)16(20,21)22/h4-8H,1-3H3,(H,25,30)(H2,23,26,31)/t8-/m1/s1. The second-order valence-corrected chi connectivity index (χ2v) is 6.65. The molecule has 2 rings (SSSR count). The molecule has 1 aromatic carbocycles. The number of benzene rings is 1. The molecule has 0 aliphatic heterocycles. The average Bonchev–Trinajstić information content (AvgIpc) is 3.13. The number of carbonyl (C=O) groups is 2. The van der Waals surface area contributed by atoms with Crippen LogP contribution in [0.1, 0.15) is 37.9 Å². The molecule has 0 spiro atoms. The summed E-state index contributed by atoms with van der Waals surface area (Å²) in [5.41, 5.74) is 0.457. The van der Waals surface area contributed by atoms with Crippen molar-refractivity contribution >= 4 is 11.9 Å². The van der Waals surface area contributed by atoms with Gasteiger partial charge in [-0.05, 0) is 44.2 Å². The summed E-state index contributed by atoms with van der Waals surface area (Å²) in [6, 6.07) is -1.25. The van der Waals surface area contributed by atoms with Crippen LogP contribution in [0.2, 0.25) is 0 Å². The zero-order valence-corrected chi connectivity index (χ0v) is 16.3. The topological polar surface area (TPSA) is 114 Å². The van der Waals surface area contributed by atoms with E-state index in [4.69, 9.17) is 0 Å². The van der Waals surface area contributed by atoms with Gasteiger partial charge in [-0.2, -0.15) is 31.1 Å². The molecule has 0 aliphatic carbocycles. The van der Waals surface area contributed by atoms with Gasteiger partial charge in [0.2, 0.25) is 5.82 Å². The van der Waals surface area contributed by atoms with Gasteiger partial charge in [0.25, 0.3) is 5.91 Å². The number of aromatic nitrogens is 4. The summed E-state index contributed by atoms with van der Waals surface area (Å²) in [5.74, 6) is -1.37. The van der Waals surface area contributed by atoms with Crippen molar-refractivity contribution in [3.8, 4) is 11.4 Å². The van der Waals surface area contributed by atoms with Crippen molar-refractivity contribution in [1.82, 2.24) is 36.4 Å². The third-order valence-corrected chi connectivity index (χ3v) is 3.72. The Hall–Kier alpha value is -3.39. The van der Waals surface area contributed by atoms with Crippen LogP contribution in [0.25, 0.3) is 11.4 Å². The first-order valence-electron chi connectivity index (χ1n) is 8.64. The molecule has 0 fully saturated rings. The Morgan fingerprint density at radius 1 is 0.935 bits per heavy atom. The van der Waals surface area contributed by atoms with Crippen LogP contribution in [0.3, 0.4) is 0 Å². The summed E-state index contributed by atoms with van der Waals surface area (Å²) < 4.78 is 78.0. The molecule has 0 saturated carbocycles. The molecule has 170 valence electrons. The zero-order chi connectivity index (χ0) is 23.6. The molecule has 3 N–H and O–H groups in total. The summed E-state index contributed by atoms with van der Waals surface area (Å²) in [6.45, 7) is 4.64. The summed E-state index contributed by atoms with van der Waals surface area (Å²) in [4.78, 5) is 24.2. The Morgan fingerprint density at radius 3 is 1.97 bits per heavy atom. The van der Waals surface area contributed by atoms with Gasteiger partial charge in [-0.25, -0.2) is 10.2 Å². The Balaban J connectivity index is 2.25. The molecule has 1 atom stereocenters. The number of carbonyl (C=O) groups excluding carboxylic acids is 2. The lowest BCUT2D eigenvalue weighted by Gasteiger charge is -2.14. The number of nitrogens with zero attached hydrogens (tertiary/aromatic N) is 4. The van der Waals surface area contributed by atoms with Crippen molar-refractivity contribution in [2.75, 3.05) is 0 Å². The first-order valence-corrected chi connectivity index (χ1v) is 8.64. The molecule has 0 radical (unpaired) electrons. The summed E-state index contributed by atoms with van der Waals surface area (Å²) in [6.07, 6.45) is -10.1. The molecule has 0 unspecified atom stereocenters. The lowest BCUT2D eigenvalue weighted by Crippen LogP contribution is -2.50. The van der Waals surface area contributed by atoms with Gasteiger partial charge in [-0.3, -0.25) is 10.2 Å². The van der Waals surface area contributed by atoms with Crippen LogP contribution >= 0.6 is 0 Å². The third-order valence-electron chi connectivity index (χ3n) is 3.72. The van der Waals surface area contributed by atoms with Gasteiger partial charge < -0.3 is 5.32 Å². The minimum atomic E-state index is -5.04. The molecule has 1 aromatic heterocycles. The molecular formula is C16H17F6N7O2. The average molecular weight is 453 g/mol. The molecule has 0 aliphatic rings. The minimum Gasteiger partial charge on any atom is -0.335 e. The van der Waals surface area contributed by atoms with Gasteiger partial charge in [0.05, 0.1) is 11.1 Å². The van der Waals surface area contributed by atoms with Crippen molar-refractivity contribution in [3.63, 3.8) is 0 Å². The maximum absolute atomic E-state index is 13.0. The summed E-state index contributed by atoms with van der Waals surface area (Å²) in [7, 11) is 0. The smallest absolute Gasteiger partial charge is 0.335 e. The number of hydrogen-bond acceptors (Lipinski definition) is 5. The van der Waals surface area contributed by atoms with Crippen molar-refractivity contribution in [2.24, 2.45) is 0 Å². The molecule has 1 heterocycles. The van der Waals surface area contributed by atoms with E-state index in [1.807, 2.05) is 0 Å². The molecule has 31 heavy (non-hydrogen) atoms. The SMILES string of the molecule is CC(C)NC(=O)NNC(=O)[C@@H](C)n1nnc(-c2cc(C(F)(F)F)cc(C(F)(F)F)c2)n1. The van der Waals surface area contributed by atoms with E-state index in [2.05, 4.69) is 31.6 Å². The van der Waals surface area contributed by atoms with E-state index in [1.165, 1.54) is 6.92 Å². The highest BCUT2D eigenvalue weighted by molar-refractivity contribution is 5.83. The van der Waals surface area contributed by atoms with Crippen LogP contribution in [0, 0.1) is 0 Å². The molecular weight excluding hydrogens is 436 g/mol. The lowest BCUT2D eigenvalue weighted by atomic mass is 10.0. The van der Waals surface area contributed by atoms with Gasteiger partial charge in [-0.15, -0.1) is 10.2 Å². The number of nitrogens with one attached hydrogen (secondary N) is 3. The molecule has 15 heteroatoms. The highest BCUT2D eigenvalue weighted by Crippen LogP contribution is 2.37. The molecule has 0 saturated heterocycles. The fourth-order valence-corrected chi connectivity index (χ4v) is 2.21. The summed E-state index contributed by atoms with van der Waals surface area (Å²) in [5, 5.41) is 13.1. The Kier molecular flexibility index (Phi) is 6.76. The maximum Gasteiger partial charge on any atom is 0.416 e. The highest BCUT2D eigenvalue weighted by atomic mass is 19.4. The van der Waals surface area contributed by atoms with E-state index in [0.717, 1.165) is 0 Å². The van der Waals surface area contributed by atoms with E-state index >= 15 is 0 Å². The van der Waals surface area contributed by atoms with Crippen LogP contribution < -0.4 is 16.2 Å². The second-order valence-electron chi connectivity index (χ2n) is 6.65. The van der Waals surface area contributed by atoms with Crippen LogP contribution in [-0.4, -0.2) is 38.2 Å². The Morgan fingerprint density at radius 2 is 1.48 bits per heavy atom. The number of hydrazine groups is 1. The van der Waals surface area contributed by atoms with Crippen molar-refractivity contribution in [2.45, 2.75) is 45.2 Å². The molecule has 3 amide bonds. The van der Waals surface area contributed by atoms with Crippen LogP contribution in [0.4, 0.5) is 31.1 Å². The minimum absolute atomic E-state index is 0.0299. The van der Waals surface area contributed by atoms with Crippen LogP contribution in [0.15, 0.2) is 18.2 Å². The van der Waals surface area contributed by atoms with E-state index in [-0.39, 0.29) is 12.1 Å². The zero-order valence-electron chi connectivity index (χ0n) is 16.3. The predicted molar refractivity (Wildman–Crippen MR) is 92.9 cm³/mol.